The molecule has 0 aliphatic carbocycles. The maximum absolute atomic E-state index is 5.06. The van der Waals surface area contributed by atoms with Crippen molar-refractivity contribution in [3.05, 3.63) is 36.7 Å². The Balaban J connectivity index is 2.14. The van der Waals surface area contributed by atoms with Crippen LogP contribution in [0.2, 0.25) is 0 Å². The summed E-state index contributed by atoms with van der Waals surface area (Å²) in [5.74, 6) is 1.32. The van der Waals surface area contributed by atoms with Crippen LogP contribution in [0.3, 0.4) is 0 Å². The molecule has 5 heteroatoms. The Labute approximate surface area is 97.5 Å². The molecule has 5 nitrogen and oxygen atoms in total. The lowest BCUT2D eigenvalue weighted by atomic mass is 10.3. The first-order valence-electron chi connectivity index (χ1n) is 5.18. The zero-order chi connectivity index (χ0) is 11.7. The van der Waals surface area contributed by atoms with Gasteiger partial charge in [0.15, 0.2) is 5.65 Å². The van der Waals surface area contributed by atoms with Gasteiger partial charge in [-0.25, -0.2) is 4.98 Å². The molecule has 17 heavy (non-hydrogen) atoms. The molecule has 1 N–H and O–H groups in total. The summed E-state index contributed by atoms with van der Waals surface area (Å²) in [6.45, 7) is 0. The van der Waals surface area contributed by atoms with E-state index in [0.29, 0.717) is 11.5 Å². The van der Waals surface area contributed by atoms with E-state index in [1.807, 2.05) is 18.2 Å². The van der Waals surface area contributed by atoms with E-state index in [1.54, 1.807) is 25.6 Å². The zero-order valence-electron chi connectivity index (χ0n) is 9.21. The molecule has 0 radical (unpaired) electrons. The van der Waals surface area contributed by atoms with Gasteiger partial charge in [0.05, 0.1) is 12.6 Å². The van der Waals surface area contributed by atoms with Crippen molar-refractivity contribution in [2.24, 2.45) is 0 Å². The van der Waals surface area contributed by atoms with Gasteiger partial charge < -0.3 is 9.72 Å². The lowest BCUT2D eigenvalue weighted by Crippen LogP contribution is -1.86. The van der Waals surface area contributed by atoms with Gasteiger partial charge in [-0.1, -0.05) is 0 Å². The first kappa shape index (κ1) is 9.77. The summed E-state index contributed by atoms with van der Waals surface area (Å²) >= 11 is 0. The van der Waals surface area contributed by atoms with Gasteiger partial charge in [-0.2, -0.15) is 4.98 Å². The number of aromatic amines is 1. The fourth-order valence-corrected chi connectivity index (χ4v) is 1.63. The summed E-state index contributed by atoms with van der Waals surface area (Å²) in [5, 5.41) is 0. The number of rotatable bonds is 2. The summed E-state index contributed by atoms with van der Waals surface area (Å²) in [6.07, 6.45) is 3.49. The maximum atomic E-state index is 5.06. The number of pyridine rings is 2. The number of aromatic nitrogens is 4. The SMILES string of the molecule is COc1ccc2[nH]c(-c3cccnc3)nc2n1. The Morgan fingerprint density at radius 1 is 1.18 bits per heavy atom. The standard InChI is InChI=1S/C12H10N4O/c1-17-10-5-4-9-12(15-10)16-11(14-9)8-3-2-6-13-7-8/h2-7H,1H3,(H,14,15,16). The van der Waals surface area contributed by atoms with Gasteiger partial charge in [-0.05, 0) is 18.2 Å². The van der Waals surface area contributed by atoms with Crippen LogP contribution < -0.4 is 4.74 Å². The molecule has 0 atom stereocenters. The Hall–Kier alpha value is -2.43. The first-order chi connectivity index (χ1) is 8.36. The van der Waals surface area contributed by atoms with Gasteiger partial charge in [0.1, 0.15) is 5.82 Å². The van der Waals surface area contributed by atoms with Crippen LogP contribution in [0.15, 0.2) is 36.7 Å². The molecule has 0 unspecified atom stereocenters. The highest BCUT2D eigenvalue weighted by Crippen LogP contribution is 2.20. The highest BCUT2D eigenvalue weighted by atomic mass is 16.5. The number of hydrogen-bond acceptors (Lipinski definition) is 4. The first-order valence-corrected chi connectivity index (χ1v) is 5.18. The molecule has 3 aromatic heterocycles. The molecule has 3 rings (SSSR count). The number of nitrogens with zero attached hydrogens (tertiary/aromatic N) is 3. The molecule has 0 spiro atoms. The molecule has 0 aliphatic rings. The van der Waals surface area contributed by atoms with Gasteiger partial charge in [0, 0.05) is 24.0 Å². The number of methoxy groups -OCH3 is 1. The number of ether oxygens (including phenoxy) is 1. The average Bonchev–Trinajstić information content (AvgIpc) is 2.82. The second-order valence-electron chi connectivity index (χ2n) is 3.55. The molecule has 0 aromatic carbocycles. The van der Waals surface area contributed by atoms with E-state index in [1.165, 1.54) is 0 Å². The molecule has 0 bridgehead atoms. The Bertz CT molecular complexity index is 648. The smallest absolute Gasteiger partial charge is 0.215 e. The Kier molecular flexibility index (Phi) is 2.22. The third-order valence-corrected chi connectivity index (χ3v) is 2.46. The van der Waals surface area contributed by atoms with Gasteiger partial charge in [0.2, 0.25) is 5.88 Å². The largest absolute Gasteiger partial charge is 0.481 e. The quantitative estimate of drug-likeness (QED) is 0.726. The fraction of sp³-hybridized carbons (Fsp3) is 0.0833. The number of fused-ring (bicyclic) bond motifs is 1. The van der Waals surface area contributed by atoms with E-state index in [2.05, 4.69) is 19.9 Å². The topological polar surface area (TPSA) is 63.7 Å². The normalized spacial score (nSPS) is 10.6. The predicted octanol–water partition coefficient (Wildman–Crippen LogP) is 2.03. The highest BCUT2D eigenvalue weighted by molar-refractivity contribution is 5.76. The Morgan fingerprint density at radius 2 is 2.12 bits per heavy atom. The summed E-state index contributed by atoms with van der Waals surface area (Å²) in [7, 11) is 1.59. The minimum atomic E-state index is 0.557. The van der Waals surface area contributed by atoms with Crippen molar-refractivity contribution in [3.8, 4) is 17.3 Å². The van der Waals surface area contributed by atoms with E-state index in [4.69, 9.17) is 4.74 Å². The van der Waals surface area contributed by atoms with Crippen LogP contribution in [0.1, 0.15) is 0 Å². The van der Waals surface area contributed by atoms with Crippen molar-refractivity contribution in [3.63, 3.8) is 0 Å². The molecule has 0 saturated heterocycles. The van der Waals surface area contributed by atoms with Crippen molar-refractivity contribution < 1.29 is 4.74 Å². The Morgan fingerprint density at radius 3 is 2.88 bits per heavy atom. The molecular formula is C12H10N4O. The van der Waals surface area contributed by atoms with E-state index in [-0.39, 0.29) is 0 Å². The molecular weight excluding hydrogens is 216 g/mol. The van der Waals surface area contributed by atoms with Crippen LogP contribution in [0.25, 0.3) is 22.6 Å². The maximum Gasteiger partial charge on any atom is 0.215 e. The number of nitrogens with one attached hydrogen (secondary N) is 1. The van der Waals surface area contributed by atoms with Crippen molar-refractivity contribution in [2.45, 2.75) is 0 Å². The van der Waals surface area contributed by atoms with Crippen LogP contribution >= 0.6 is 0 Å². The summed E-state index contributed by atoms with van der Waals surface area (Å²) in [4.78, 5) is 15.9. The van der Waals surface area contributed by atoms with Gasteiger partial charge in [-0.15, -0.1) is 0 Å². The number of H-pyrrole nitrogens is 1. The second kappa shape index (κ2) is 3.86. The molecule has 3 aromatic rings. The van der Waals surface area contributed by atoms with Crippen LogP contribution in [0, 0.1) is 0 Å². The predicted molar refractivity (Wildman–Crippen MR) is 63.7 cm³/mol. The van der Waals surface area contributed by atoms with E-state index in [9.17, 15) is 0 Å². The number of imidazole rings is 1. The van der Waals surface area contributed by atoms with E-state index >= 15 is 0 Å². The molecule has 0 saturated carbocycles. The zero-order valence-corrected chi connectivity index (χ0v) is 9.21. The fourth-order valence-electron chi connectivity index (χ4n) is 1.63. The summed E-state index contributed by atoms with van der Waals surface area (Å²) in [6, 6.07) is 7.51. The summed E-state index contributed by atoms with van der Waals surface area (Å²) < 4.78 is 5.06. The monoisotopic (exact) mass is 226 g/mol. The van der Waals surface area contributed by atoms with Crippen LogP contribution in [-0.4, -0.2) is 27.0 Å². The van der Waals surface area contributed by atoms with Crippen LogP contribution in [-0.2, 0) is 0 Å². The molecule has 0 aliphatic heterocycles. The average molecular weight is 226 g/mol. The van der Waals surface area contributed by atoms with E-state index < -0.39 is 0 Å². The van der Waals surface area contributed by atoms with Crippen molar-refractivity contribution >= 4 is 11.2 Å². The summed E-state index contributed by atoms with van der Waals surface area (Å²) in [5.41, 5.74) is 2.46. The second-order valence-corrected chi connectivity index (χ2v) is 3.55. The van der Waals surface area contributed by atoms with Gasteiger partial charge >= 0.3 is 0 Å². The van der Waals surface area contributed by atoms with Crippen molar-refractivity contribution in [2.75, 3.05) is 7.11 Å². The number of hydrogen-bond donors (Lipinski definition) is 1. The van der Waals surface area contributed by atoms with Crippen molar-refractivity contribution in [1.82, 2.24) is 19.9 Å². The molecule has 3 heterocycles. The van der Waals surface area contributed by atoms with E-state index in [0.717, 1.165) is 16.9 Å². The lowest BCUT2D eigenvalue weighted by Gasteiger charge is -1.95. The van der Waals surface area contributed by atoms with Gasteiger partial charge in [0.25, 0.3) is 0 Å². The molecule has 84 valence electrons. The third kappa shape index (κ3) is 1.71. The molecule has 0 amide bonds. The van der Waals surface area contributed by atoms with Gasteiger partial charge in [-0.3, -0.25) is 4.98 Å². The third-order valence-electron chi connectivity index (χ3n) is 2.46. The minimum absolute atomic E-state index is 0.557. The minimum Gasteiger partial charge on any atom is -0.481 e. The van der Waals surface area contributed by atoms with Crippen LogP contribution in [0.4, 0.5) is 0 Å². The molecule has 0 fully saturated rings. The van der Waals surface area contributed by atoms with Crippen LogP contribution in [0.5, 0.6) is 5.88 Å². The highest BCUT2D eigenvalue weighted by Gasteiger charge is 2.06. The van der Waals surface area contributed by atoms with Crippen molar-refractivity contribution in [1.29, 1.82) is 0 Å². The lowest BCUT2D eigenvalue weighted by molar-refractivity contribution is 0.399.